The quantitative estimate of drug-likeness (QED) is 0.402. The van der Waals surface area contributed by atoms with E-state index in [-0.39, 0.29) is 6.03 Å². The second kappa shape index (κ2) is 9.90. The van der Waals surface area contributed by atoms with Gasteiger partial charge in [-0.15, -0.1) is 11.3 Å². The minimum absolute atomic E-state index is 0.0144. The van der Waals surface area contributed by atoms with E-state index in [0.29, 0.717) is 32.8 Å². The molecule has 4 aromatic rings. The van der Waals surface area contributed by atoms with Crippen LogP contribution in [-0.2, 0) is 17.8 Å². The highest BCUT2D eigenvalue weighted by Crippen LogP contribution is 2.36. The average molecular weight is 529 g/mol. The minimum atomic E-state index is -0.0144. The number of ether oxygens (including phenoxy) is 1. The number of piperazine rings is 1. The van der Waals surface area contributed by atoms with Gasteiger partial charge in [0, 0.05) is 80.4 Å². The molecule has 0 spiro atoms. The number of carbonyl (C=O) groups is 1. The van der Waals surface area contributed by atoms with Crippen LogP contribution in [0.1, 0.15) is 16.0 Å². The highest BCUT2D eigenvalue weighted by Gasteiger charge is 2.25. The number of morpholine rings is 1. The van der Waals surface area contributed by atoms with Gasteiger partial charge < -0.3 is 14.5 Å². The predicted octanol–water partition coefficient (Wildman–Crippen LogP) is 3.11. The Morgan fingerprint density at radius 3 is 2.74 bits per heavy atom. The normalized spacial score (nSPS) is 17.9. The Balaban J connectivity index is 1.16. The summed E-state index contributed by atoms with van der Waals surface area (Å²) in [6.07, 6.45) is 6.84. The van der Waals surface area contributed by atoms with Crippen molar-refractivity contribution >= 4 is 39.6 Å². The summed E-state index contributed by atoms with van der Waals surface area (Å²) in [5, 5.41) is 0. The molecule has 38 heavy (non-hydrogen) atoms. The predicted molar refractivity (Wildman–Crippen MR) is 147 cm³/mol. The monoisotopic (exact) mass is 528 g/mol. The maximum Gasteiger partial charge on any atom is 0.329 e. The lowest BCUT2D eigenvalue weighted by Gasteiger charge is -2.34. The van der Waals surface area contributed by atoms with E-state index >= 15 is 0 Å². The van der Waals surface area contributed by atoms with E-state index in [0.717, 1.165) is 65.7 Å². The third-order valence-corrected chi connectivity index (χ3v) is 8.49. The zero-order valence-electron chi connectivity index (χ0n) is 21.0. The van der Waals surface area contributed by atoms with Crippen LogP contribution in [0.3, 0.4) is 0 Å². The lowest BCUT2D eigenvalue weighted by molar-refractivity contribution is 0.122. The molecule has 3 aromatic heterocycles. The summed E-state index contributed by atoms with van der Waals surface area (Å²) in [5.74, 6) is 1.74. The van der Waals surface area contributed by atoms with Crippen molar-refractivity contribution in [2.75, 3.05) is 57.4 Å². The average Bonchev–Trinajstić information content (AvgIpc) is 3.74. The van der Waals surface area contributed by atoms with E-state index in [1.165, 1.54) is 10.4 Å². The molecule has 3 aliphatic rings. The molecular weight excluding hydrogens is 500 g/mol. The van der Waals surface area contributed by atoms with Gasteiger partial charge in [0.1, 0.15) is 6.33 Å². The number of carbonyl (C=O) groups excluding carboxylic acids is 1. The molecule has 1 amide bonds. The third kappa shape index (κ3) is 4.36. The highest BCUT2D eigenvalue weighted by atomic mass is 32.1. The summed E-state index contributed by atoms with van der Waals surface area (Å²) in [7, 11) is 0. The second-order valence-corrected chi connectivity index (χ2v) is 10.9. The summed E-state index contributed by atoms with van der Waals surface area (Å²) in [5.41, 5.74) is 4.36. The maximum atomic E-state index is 12.6. The molecule has 6 heterocycles. The fraction of sp³-hybridized carbons (Fsp3) is 0.370. The van der Waals surface area contributed by atoms with E-state index in [1.54, 1.807) is 34.6 Å². The number of hydrogen-bond acceptors (Lipinski definition) is 9. The zero-order valence-corrected chi connectivity index (χ0v) is 21.8. The molecule has 0 aliphatic carbocycles. The van der Waals surface area contributed by atoms with Crippen molar-refractivity contribution in [1.82, 2.24) is 29.3 Å². The summed E-state index contributed by atoms with van der Waals surface area (Å²) >= 11 is 1.78. The van der Waals surface area contributed by atoms with Crippen LogP contribution in [0.4, 0.5) is 10.6 Å². The van der Waals surface area contributed by atoms with Crippen LogP contribution >= 0.6 is 11.3 Å². The Morgan fingerprint density at radius 1 is 1.05 bits per heavy atom. The minimum Gasteiger partial charge on any atom is -0.378 e. The van der Waals surface area contributed by atoms with Gasteiger partial charge in [-0.1, -0.05) is 18.2 Å². The molecular formula is C27H28N8O2S. The van der Waals surface area contributed by atoms with E-state index in [1.807, 2.05) is 11.1 Å². The number of aromatic nitrogens is 4. The molecule has 0 N–H and O–H groups in total. The lowest BCUT2D eigenvalue weighted by Crippen LogP contribution is -2.49. The number of hydrogen-bond donors (Lipinski definition) is 0. The first-order valence-electron chi connectivity index (χ1n) is 13.0. The number of fused-ring (bicyclic) bond motifs is 2. The molecule has 0 bridgehead atoms. The molecule has 0 radical (unpaired) electrons. The second-order valence-electron chi connectivity index (χ2n) is 9.76. The SMILES string of the molecule is O=C(N1CCN(Cc2cc3nc(-c4cccc5c4C=NC5)nc(N4CCOCC4)c3s2)CC1)n1ccnc1. The molecule has 7 rings (SSSR count). The van der Waals surface area contributed by atoms with E-state index in [2.05, 4.69) is 44.0 Å². The van der Waals surface area contributed by atoms with Gasteiger partial charge in [-0.3, -0.25) is 14.5 Å². The van der Waals surface area contributed by atoms with Crippen LogP contribution in [0.15, 0.2) is 48.0 Å². The molecule has 194 valence electrons. The first-order valence-corrected chi connectivity index (χ1v) is 13.8. The lowest BCUT2D eigenvalue weighted by atomic mass is 10.0. The van der Waals surface area contributed by atoms with Gasteiger partial charge in [-0.2, -0.15) is 0 Å². The van der Waals surface area contributed by atoms with Gasteiger partial charge >= 0.3 is 6.03 Å². The van der Waals surface area contributed by atoms with Crippen molar-refractivity contribution < 1.29 is 9.53 Å². The number of benzene rings is 1. The largest absolute Gasteiger partial charge is 0.378 e. The van der Waals surface area contributed by atoms with Gasteiger partial charge in [-0.05, 0) is 11.6 Å². The highest BCUT2D eigenvalue weighted by molar-refractivity contribution is 7.19. The van der Waals surface area contributed by atoms with Crippen LogP contribution in [0.5, 0.6) is 0 Å². The third-order valence-electron chi connectivity index (χ3n) is 7.38. The number of imidazole rings is 1. The van der Waals surface area contributed by atoms with Crippen molar-refractivity contribution in [2.24, 2.45) is 4.99 Å². The van der Waals surface area contributed by atoms with Crippen LogP contribution in [-0.4, -0.2) is 94.0 Å². The smallest absolute Gasteiger partial charge is 0.329 e. The summed E-state index contributed by atoms with van der Waals surface area (Å²) in [4.78, 5) is 39.2. The first-order chi connectivity index (χ1) is 18.7. The number of thiophene rings is 1. The fourth-order valence-electron chi connectivity index (χ4n) is 5.34. The van der Waals surface area contributed by atoms with Crippen molar-refractivity contribution in [1.29, 1.82) is 0 Å². The fourth-order valence-corrected chi connectivity index (χ4v) is 6.49. The molecule has 3 aliphatic heterocycles. The van der Waals surface area contributed by atoms with Gasteiger partial charge in [0.15, 0.2) is 11.6 Å². The summed E-state index contributed by atoms with van der Waals surface area (Å²) in [6.45, 7) is 7.65. The van der Waals surface area contributed by atoms with Crippen molar-refractivity contribution in [3.05, 3.63) is 59.0 Å². The van der Waals surface area contributed by atoms with Crippen LogP contribution in [0.2, 0.25) is 0 Å². The van der Waals surface area contributed by atoms with Gasteiger partial charge in [0.25, 0.3) is 0 Å². The molecule has 0 saturated carbocycles. The van der Waals surface area contributed by atoms with Crippen LogP contribution in [0.25, 0.3) is 21.6 Å². The molecule has 2 saturated heterocycles. The topological polar surface area (TPSA) is 92.0 Å². The molecule has 2 fully saturated rings. The Bertz CT molecular complexity index is 1500. The molecule has 10 nitrogen and oxygen atoms in total. The van der Waals surface area contributed by atoms with E-state index in [4.69, 9.17) is 14.7 Å². The van der Waals surface area contributed by atoms with E-state index in [9.17, 15) is 4.79 Å². The number of rotatable bonds is 4. The van der Waals surface area contributed by atoms with Crippen LogP contribution in [0, 0.1) is 0 Å². The maximum absolute atomic E-state index is 12.6. The molecule has 0 unspecified atom stereocenters. The van der Waals surface area contributed by atoms with Gasteiger partial charge in [0.2, 0.25) is 0 Å². The molecule has 0 atom stereocenters. The van der Waals surface area contributed by atoms with Gasteiger partial charge in [0.05, 0.1) is 30.0 Å². The Morgan fingerprint density at radius 2 is 1.92 bits per heavy atom. The summed E-state index contributed by atoms with van der Waals surface area (Å²) in [6, 6.07) is 8.49. The molecule has 1 aromatic carbocycles. The Hall–Kier alpha value is -3.67. The molecule has 11 heteroatoms. The van der Waals surface area contributed by atoms with Crippen molar-refractivity contribution in [3.8, 4) is 11.4 Å². The number of nitrogens with zero attached hydrogens (tertiary/aromatic N) is 8. The zero-order chi connectivity index (χ0) is 25.5. The number of aliphatic imine (C=N–C) groups is 1. The number of amides is 1. The summed E-state index contributed by atoms with van der Waals surface area (Å²) < 4.78 is 8.29. The van der Waals surface area contributed by atoms with E-state index < -0.39 is 0 Å². The Labute approximate surface area is 224 Å². The standard InChI is InChI=1S/C27H28N8O2S/c36-27(35-5-4-28-18-35)34-8-6-32(7-9-34)17-20-14-23-24(38-20)26(33-10-12-37-13-11-33)31-25(30-23)21-3-1-2-19-15-29-16-22(19)21/h1-5,14,16,18H,6-13,15,17H2. The Kier molecular flexibility index (Phi) is 6.11. The van der Waals surface area contributed by atoms with Crippen molar-refractivity contribution in [2.45, 2.75) is 13.1 Å². The first kappa shape index (κ1) is 23.4. The van der Waals surface area contributed by atoms with Gasteiger partial charge in [-0.25, -0.2) is 19.7 Å². The van der Waals surface area contributed by atoms with Crippen molar-refractivity contribution in [3.63, 3.8) is 0 Å². The van der Waals surface area contributed by atoms with Crippen LogP contribution < -0.4 is 4.90 Å². The number of anilines is 1.